The maximum atomic E-state index is 13.2. The van der Waals surface area contributed by atoms with E-state index in [-0.39, 0.29) is 11.6 Å². The van der Waals surface area contributed by atoms with Crippen LogP contribution >= 0.6 is 23.4 Å². The molecular weight excluding hydrogens is 420 g/mol. The van der Waals surface area contributed by atoms with E-state index >= 15 is 0 Å². The second-order valence-corrected chi connectivity index (χ2v) is 8.64. The molecule has 152 valence electrons. The lowest BCUT2D eigenvalue weighted by Crippen LogP contribution is -2.26. The fourth-order valence-electron chi connectivity index (χ4n) is 3.89. The Morgan fingerprint density at radius 2 is 1.83 bits per heavy atom. The van der Waals surface area contributed by atoms with Crippen molar-refractivity contribution in [3.63, 3.8) is 0 Å². The highest BCUT2D eigenvalue weighted by Gasteiger charge is 2.23. The van der Waals surface area contributed by atoms with Gasteiger partial charge in [0, 0.05) is 6.04 Å². The molecule has 2 aromatic carbocycles. The first kappa shape index (κ1) is 19.3. The number of benzene rings is 2. The molecule has 0 saturated heterocycles. The largest absolute Gasteiger partial charge is 0.420 e. The molecule has 2 aromatic heterocycles. The molecule has 0 spiro atoms. The molecule has 6 nitrogen and oxygen atoms in total. The van der Waals surface area contributed by atoms with Crippen molar-refractivity contribution in [2.45, 2.75) is 42.6 Å². The predicted molar refractivity (Wildman–Crippen MR) is 118 cm³/mol. The summed E-state index contributed by atoms with van der Waals surface area (Å²) in [4.78, 5) is 18.0. The summed E-state index contributed by atoms with van der Waals surface area (Å²) in [6, 6.07) is 15.1. The molecule has 0 bridgehead atoms. The van der Waals surface area contributed by atoms with E-state index in [1.807, 2.05) is 47.0 Å². The molecule has 0 atom stereocenters. The van der Waals surface area contributed by atoms with E-state index in [0.29, 0.717) is 44.2 Å². The van der Waals surface area contributed by atoms with Crippen molar-refractivity contribution in [2.24, 2.45) is 0 Å². The van der Waals surface area contributed by atoms with Gasteiger partial charge in [-0.05, 0) is 37.1 Å². The van der Waals surface area contributed by atoms with Gasteiger partial charge in [0.1, 0.15) is 0 Å². The molecule has 1 aliphatic carbocycles. The summed E-state index contributed by atoms with van der Waals surface area (Å²) in [5, 5.41) is 10.2. The standard InChI is InChI=1S/C22H19ClN4O2S/c23-17-11-5-3-9-15(17)20-26-25-19(29-20)13-30-22-24-18-12-6-4-10-16(18)21(28)27(22)14-7-1-2-8-14/h3-6,9-12,14H,1-2,7-8,13H2. The molecule has 0 N–H and O–H groups in total. The lowest BCUT2D eigenvalue weighted by molar-refractivity contribution is 0.457. The van der Waals surface area contributed by atoms with E-state index in [2.05, 4.69) is 10.2 Å². The number of aromatic nitrogens is 4. The molecule has 0 aliphatic heterocycles. The van der Waals surface area contributed by atoms with Crippen LogP contribution in [0, 0.1) is 0 Å². The normalized spacial score (nSPS) is 14.6. The highest BCUT2D eigenvalue weighted by atomic mass is 35.5. The third-order valence-corrected chi connectivity index (χ3v) is 6.63. The van der Waals surface area contributed by atoms with Crippen LogP contribution in [-0.2, 0) is 5.75 Å². The lowest BCUT2D eigenvalue weighted by atomic mass is 10.2. The first-order valence-electron chi connectivity index (χ1n) is 9.92. The number of halogens is 1. The summed E-state index contributed by atoms with van der Waals surface area (Å²) >= 11 is 7.68. The van der Waals surface area contributed by atoms with E-state index in [1.54, 1.807) is 6.07 Å². The third kappa shape index (κ3) is 3.63. The Morgan fingerprint density at radius 3 is 2.67 bits per heavy atom. The molecule has 1 aliphatic rings. The van der Waals surface area contributed by atoms with E-state index in [4.69, 9.17) is 21.0 Å². The zero-order chi connectivity index (χ0) is 20.5. The fourth-order valence-corrected chi connectivity index (χ4v) is 5.01. The Morgan fingerprint density at radius 1 is 1.07 bits per heavy atom. The number of rotatable bonds is 5. The van der Waals surface area contributed by atoms with Crippen molar-refractivity contribution < 1.29 is 4.42 Å². The SMILES string of the molecule is O=c1c2ccccc2nc(SCc2nnc(-c3ccccc3Cl)o2)n1C1CCCC1. The van der Waals surface area contributed by atoms with Crippen LogP contribution in [0.2, 0.25) is 5.02 Å². The summed E-state index contributed by atoms with van der Waals surface area (Å²) in [5.74, 6) is 1.28. The second kappa shape index (κ2) is 8.24. The Kier molecular flexibility index (Phi) is 5.31. The van der Waals surface area contributed by atoms with E-state index < -0.39 is 0 Å². The smallest absolute Gasteiger partial charge is 0.262 e. The average Bonchev–Trinajstić information content (AvgIpc) is 3.45. The zero-order valence-electron chi connectivity index (χ0n) is 16.1. The number of hydrogen-bond donors (Lipinski definition) is 0. The Balaban J connectivity index is 1.46. The minimum atomic E-state index is 0.0253. The topological polar surface area (TPSA) is 73.8 Å². The van der Waals surface area contributed by atoms with Crippen LogP contribution in [0.15, 0.2) is 62.9 Å². The van der Waals surface area contributed by atoms with Gasteiger partial charge in [-0.2, -0.15) is 0 Å². The van der Waals surface area contributed by atoms with Gasteiger partial charge in [0.05, 0.1) is 27.2 Å². The molecule has 2 heterocycles. The fraction of sp³-hybridized carbons (Fsp3) is 0.273. The Hall–Kier alpha value is -2.64. The van der Waals surface area contributed by atoms with Gasteiger partial charge in [0.2, 0.25) is 11.8 Å². The van der Waals surface area contributed by atoms with Crippen LogP contribution in [0.1, 0.15) is 37.6 Å². The van der Waals surface area contributed by atoms with E-state index in [9.17, 15) is 4.79 Å². The zero-order valence-corrected chi connectivity index (χ0v) is 17.7. The van der Waals surface area contributed by atoms with Gasteiger partial charge in [-0.25, -0.2) is 4.98 Å². The van der Waals surface area contributed by atoms with Crippen molar-refractivity contribution in [3.05, 3.63) is 69.8 Å². The monoisotopic (exact) mass is 438 g/mol. The molecule has 0 amide bonds. The van der Waals surface area contributed by atoms with Crippen LogP contribution in [0.5, 0.6) is 0 Å². The lowest BCUT2D eigenvalue weighted by Gasteiger charge is -2.18. The van der Waals surface area contributed by atoms with E-state index in [0.717, 1.165) is 25.7 Å². The van der Waals surface area contributed by atoms with Gasteiger partial charge in [-0.15, -0.1) is 10.2 Å². The second-order valence-electron chi connectivity index (χ2n) is 7.29. The highest BCUT2D eigenvalue weighted by Crippen LogP contribution is 2.33. The molecule has 8 heteroatoms. The molecule has 4 aromatic rings. The summed E-state index contributed by atoms with van der Waals surface area (Å²) in [6.07, 6.45) is 4.28. The molecule has 0 unspecified atom stereocenters. The number of hydrogen-bond acceptors (Lipinski definition) is 6. The minimum absolute atomic E-state index is 0.0253. The van der Waals surface area contributed by atoms with Gasteiger partial charge >= 0.3 is 0 Å². The quantitative estimate of drug-likeness (QED) is 0.302. The predicted octanol–water partition coefficient (Wildman–Crippen LogP) is 5.51. The highest BCUT2D eigenvalue weighted by molar-refractivity contribution is 7.98. The van der Waals surface area contributed by atoms with Gasteiger partial charge in [0.15, 0.2) is 5.16 Å². The van der Waals surface area contributed by atoms with Crippen LogP contribution in [-0.4, -0.2) is 19.7 Å². The summed E-state index contributed by atoms with van der Waals surface area (Å²) in [5.41, 5.74) is 1.44. The first-order valence-corrected chi connectivity index (χ1v) is 11.3. The molecule has 1 saturated carbocycles. The van der Waals surface area contributed by atoms with Crippen molar-refractivity contribution >= 4 is 34.3 Å². The number of para-hydroxylation sites is 1. The van der Waals surface area contributed by atoms with Gasteiger partial charge in [-0.3, -0.25) is 9.36 Å². The van der Waals surface area contributed by atoms with Crippen molar-refractivity contribution in [1.29, 1.82) is 0 Å². The van der Waals surface area contributed by atoms with Crippen molar-refractivity contribution in [3.8, 4) is 11.5 Å². The van der Waals surface area contributed by atoms with Gasteiger partial charge < -0.3 is 4.42 Å². The molecular formula is C22H19ClN4O2S. The van der Waals surface area contributed by atoms with Crippen LogP contribution in [0.3, 0.4) is 0 Å². The summed E-state index contributed by atoms with van der Waals surface area (Å²) in [6.45, 7) is 0. The number of fused-ring (bicyclic) bond motifs is 1. The van der Waals surface area contributed by atoms with Crippen LogP contribution in [0.25, 0.3) is 22.4 Å². The van der Waals surface area contributed by atoms with Gasteiger partial charge in [-0.1, -0.05) is 60.5 Å². The molecule has 30 heavy (non-hydrogen) atoms. The molecule has 5 rings (SSSR count). The summed E-state index contributed by atoms with van der Waals surface area (Å²) < 4.78 is 7.68. The Labute approximate surface area is 182 Å². The summed E-state index contributed by atoms with van der Waals surface area (Å²) in [7, 11) is 0. The number of thioether (sulfide) groups is 1. The third-order valence-electron chi connectivity index (χ3n) is 5.36. The van der Waals surface area contributed by atoms with Crippen LogP contribution in [0.4, 0.5) is 0 Å². The van der Waals surface area contributed by atoms with Crippen LogP contribution < -0.4 is 5.56 Å². The van der Waals surface area contributed by atoms with E-state index in [1.165, 1.54) is 11.8 Å². The maximum absolute atomic E-state index is 13.2. The minimum Gasteiger partial charge on any atom is -0.420 e. The van der Waals surface area contributed by atoms with Crippen molar-refractivity contribution in [2.75, 3.05) is 0 Å². The average molecular weight is 439 g/mol. The molecule has 1 fully saturated rings. The van der Waals surface area contributed by atoms with Crippen molar-refractivity contribution in [1.82, 2.24) is 19.7 Å². The maximum Gasteiger partial charge on any atom is 0.262 e. The van der Waals surface area contributed by atoms with Gasteiger partial charge in [0.25, 0.3) is 5.56 Å². The number of nitrogens with zero attached hydrogens (tertiary/aromatic N) is 4. The first-order chi connectivity index (χ1) is 14.7. The Bertz CT molecular complexity index is 1260. The molecule has 0 radical (unpaired) electrons.